The summed E-state index contributed by atoms with van der Waals surface area (Å²) in [6, 6.07) is -0.1000. The number of piperidine rings is 1. The molecule has 2 heterocycles. The van der Waals surface area contributed by atoms with Crippen LogP contribution in [0.25, 0.3) is 0 Å². The van der Waals surface area contributed by atoms with Crippen molar-refractivity contribution in [1.82, 2.24) is 15.2 Å². The summed E-state index contributed by atoms with van der Waals surface area (Å²) in [5.74, 6) is -1.97. The third-order valence-corrected chi connectivity index (χ3v) is 4.59. The first-order chi connectivity index (χ1) is 12.8. The third kappa shape index (κ3) is 4.59. The van der Waals surface area contributed by atoms with Crippen LogP contribution in [0.5, 0.6) is 0 Å². The number of nitrogens with zero attached hydrogens (tertiary/aromatic N) is 2. The van der Waals surface area contributed by atoms with Gasteiger partial charge in [0.15, 0.2) is 0 Å². The molecule has 0 spiro atoms. The van der Waals surface area contributed by atoms with Crippen molar-refractivity contribution < 1.29 is 34.4 Å². The van der Waals surface area contributed by atoms with Crippen molar-refractivity contribution >= 4 is 11.8 Å². The number of aryl methyl sites for hydroxylation is 1. The molecule has 0 bridgehead atoms. The monoisotopic (exact) mass is 385 g/mol. The number of nitrogens with one attached hydrogen (secondary N) is 1. The molecular formula is C17H24FN3O6. The van der Waals surface area contributed by atoms with E-state index >= 15 is 0 Å². The fourth-order valence-corrected chi connectivity index (χ4v) is 3.18. The van der Waals surface area contributed by atoms with Gasteiger partial charge < -0.3 is 30.6 Å². The van der Waals surface area contributed by atoms with Gasteiger partial charge in [-0.3, -0.25) is 9.59 Å². The molecular weight excluding hydrogens is 361 g/mol. The van der Waals surface area contributed by atoms with Gasteiger partial charge in [0, 0.05) is 19.2 Å². The maximum atomic E-state index is 12.9. The van der Waals surface area contributed by atoms with Gasteiger partial charge in [-0.15, -0.1) is 0 Å². The Hall–Kier alpha value is -2.14. The summed E-state index contributed by atoms with van der Waals surface area (Å²) >= 11 is 0. The summed E-state index contributed by atoms with van der Waals surface area (Å²) in [6.45, 7) is 1.17. The van der Waals surface area contributed by atoms with E-state index < -0.39 is 54.8 Å². The van der Waals surface area contributed by atoms with E-state index in [-0.39, 0.29) is 19.4 Å². The van der Waals surface area contributed by atoms with Crippen molar-refractivity contribution in [3.63, 3.8) is 0 Å². The minimum Gasteiger partial charge on any atom is -0.394 e. The molecule has 0 aliphatic carbocycles. The fourth-order valence-electron chi connectivity index (χ4n) is 3.18. The number of aliphatic hydroxyl groups is 4. The van der Waals surface area contributed by atoms with Crippen LogP contribution in [0, 0.1) is 5.95 Å². The first-order valence-corrected chi connectivity index (χ1v) is 8.66. The van der Waals surface area contributed by atoms with Crippen LogP contribution in [-0.4, -0.2) is 85.7 Å². The number of likely N-dealkylation sites (N-methyl/N-ethyl adjacent to an activating group) is 1. The quantitative estimate of drug-likeness (QED) is 0.355. The smallest absolute Gasteiger partial charge is 0.245 e. The van der Waals surface area contributed by atoms with E-state index in [1.165, 1.54) is 12.3 Å². The Bertz CT molecular complexity index is 659. The highest BCUT2D eigenvalue weighted by atomic mass is 19.1. The Morgan fingerprint density at radius 1 is 1.22 bits per heavy atom. The summed E-state index contributed by atoms with van der Waals surface area (Å²) in [5.41, 5.74) is 0.581. The first kappa shape index (κ1) is 21.2. The largest absolute Gasteiger partial charge is 0.394 e. The predicted octanol–water partition coefficient (Wildman–Crippen LogP) is -2.06. The Balaban J connectivity index is 2.23. The minimum atomic E-state index is -1.72. The second-order valence-corrected chi connectivity index (χ2v) is 6.35. The van der Waals surface area contributed by atoms with Gasteiger partial charge in [0.1, 0.15) is 24.4 Å². The molecule has 5 N–H and O–H groups in total. The molecule has 1 saturated heterocycles. The molecule has 9 nitrogen and oxygen atoms in total. The Morgan fingerprint density at radius 2 is 1.93 bits per heavy atom. The molecule has 1 aromatic heterocycles. The summed E-state index contributed by atoms with van der Waals surface area (Å²) in [7, 11) is 0. The van der Waals surface area contributed by atoms with E-state index in [9.17, 15) is 34.4 Å². The van der Waals surface area contributed by atoms with Crippen LogP contribution in [0.2, 0.25) is 0 Å². The average molecular weight is 385 g/mol. The van der Waals surface area contributed by atoms with Crippen LogP contribution < -0.4 is 5.32 Å². The number of aromatic nitrogens is 1. The van der Waals surface area contributed by atoms with E-state index in [0.717, 1.165) is 11.0 Å². The number of hydrogen-bond donors (Lipinski definition) is 5. The van der Waals surface area contributed by atoms with Gasteiger partial charge in [0.05, 0.1) is 12.6 Å². The van der Waals surface area contributed by atoms with Gasteiger partial charge in [-0.1, -0.05) is 6.07 Å². The number of aliphatic hydroxyl groups excluding tert-OH is 4. The number of halogens is 1. The molecule has 0 aromatic carbocycles. The van der Waals surface area contributed by atoms with Crippen LogP contribution in [0.4, 0.5) is 4.39 Å². The van der Waals surface area contributed by atoms with Gasteiger partial charge in [0.2, 0.25) is 17.8 Å². The summed E-state index contributed by atoms with van der Waals surface area (Å²) in [5, 5.41) is 42.4. The number of pyridine rings is 1. The van der Waals surface area contributed by atoms with E-state index in [1.807, 2.05) is 0 Å². The van der Waals surface area contributed by atoms with Crippen LogP contribution in [0.1, 0.15) is 18.9 Å². The van der Waals surface area contributed by atoms with E-state index in [4.69, 9.17) is 0 Å². The highest BCUT2D eigenvalue weighted by molar-refractivity contribution is 5.89. The lowest BCUT2D eigenvalue weighted by molar-refractivity contribution is -0.187. The number of carbonyl (C=O) groups is 2. The fraction of sp³-hybridized carbons (Fsp3) is 0.588. The standard InChI is InChI=1S/C17H24FN3O6/c1-2-19-17(27)13-15(25)16(26)14(24)10(8-22)21(13)12(23)6-4-9-3-5-11(18)20-7-9/h3,5,7,10,13-16,22,24-26H,2,4,6,8H2,1H3,(H,19,27)/t10-,13+,14-,15-,16+/m1/s1. The molecule has 1 aromatic rings. The number of carbonyl (C=O) groups excluding carboxylic acids is 2. The molecule has 1 aliphatic rings. The van der Waals surface area contributed by atoms with Crippen LogP contribution >= 0.6 is 0 Å². The number of likely N-dealkylation sites (tertiary alicyclic amines) is 1. The third-order valence-electron chi connectivity index (χ3n) is 4.59. The zero-order chi connectivity index (χ0) is 20.1. The zero-order valence-corrected chi connectivity index (χ0v) is 14.8. The van der Waals surface area contributed by atoms with Crippen molar-refractivity contribution in [2.45, 2.75) is 50.2 Å². The van der Waals surface area contributed by atoms with E-state index in [2.05, 4.69) is 10.3 Å². The average Bonchev–Trinajstić information content (AvgIpc) is 2.65. The molecule has 1 aliphatic heterocycles. The Labute approximate surface area is 155 Å². The molecule has 2 rings (SSSR count). The number of hydrogen-bond acceptors (Lipinski definition) is 7. The second kappa shape index (κ2) is 9.18. The maximum absolute atomic E-state index is 12.9. The Kier molecular flexibility index (Phi) is 7.19. The summed E-state index contributed by atoms with van der Waals surface area (Å²) < 4.78 is 12.9. The van der Waals surface area contributed by atoms with Gasteiger partial charge >= 0.3 is 0 Å². The lowest BCUT2D eigenvalue weighted by Gasteiger charge is -2.47. The summed E-state index contributed by atoms with van der Waals surface area (Å²) in [6.07, 6.45) is -3.71. The second-order valence-electron chi connectivity index (χ2n) is 6.35. The van der Waals surface area contributed by atoms with E-state index in [0.29, 0.717) is 5.56 Å². The van der Waals surface area contributed by atoms with Crippen molar-refractivity contribution in [3.05, 3.63) is 29.8 Å². The normalized spacial score (nSPS) is 28.1. The van der Waals surface area contributed by atoms with Gasteiger partial charge in [-0.25, -0.2) is 4.98 Å². The van der Waals surface area contributed by atoms with Crippen molar-refractivity contribution in [2.24, 2.45) is 0 Å². The molecule has 0 saturated carbocycles. The molecule has 150 valence electrons. The van der Waals surface area contributed by atoms with Crippen LogP contribution in [0.3, 0.4) is 0 Å². The molecule has 0 radical (unpaired) electrons. The lowest BCUT2D eigenvalue weighted by atomic mass is 9.87. The minimum absolute atomic E-state index is 0.130. The lowest BCUT2D eigenvalue weighted by Crippen LogP contribution is -2.71. The van der Waals surface area contributed by atoms with E-state index in [1.54, 1.807) is 6.92 Å². The highest BCUT2D eigenvalue weighted by Crippen LogP contribution is 2.26. The zero-order valence-electron chi connectivity index (χ0n) is 14.8. The molecule has 5 atom stereocenters. The van der Waals surface area contributed by atoms with Gasteiger partial charge in [-0.2, -0.15) is 4.39 Å². The SMILES string of the molecule is CCNC(=O)[C@@H]1[C@@H](O)[C@@H](O)[C@H](O)[C@@H](CO)N1C(=O)CCc1ccc(F)nc1. The first-order valence-electron chi connectivity index (χ1n) is 8.66. The number of amides is 2. The van der Waals surface area contributed by atoms with Gasteiger partial charge in [-0.05, 0) is 25.0 Å². The van der Waals surface area contributed by atoms with Crippen LogP contribution in [0.15, 0.2) is 18.3 Å². The van der Waals surface area contributed by atoms with Crippen LogP contribution in [-0.2, 0) is 16.0 Å². The maximum Gasteiger partial charge on any atom is 0.245 e. The topological polar surface area (TPSA) is 143 Å². The number of rotatable bonds is 6. The van der Waals surface area contributed by atoms with Crippen molar-refractivity contribution in [2.75, 3.05) is 13.2 Å². The molecule has 2 amide bonds. The van der Waals surface area contributed by atoms with Crippen molar-refractivity contribution in [3.8, 4) is 0 Å². The predicted molar refractivity (Wildman–Crippen MR) is 90.7 cm³/mol. The molecule has 27 heavy (non-hydrogen) atoms. The van der Waals surface area contributed by atoms with Crippen molar-refractivity contribution in [1.29, 1.82) is 0 Å². The molecule has 1 fully saturated rings. The highest BCUT2D eigenvalue weighted by Gasteiger charge is 2.51. The molecule has 0 unspecified atom stereocenters. The molecule has 10 heteroatoms. The summed E-state index contributed by atoms with van der Waals surface area (Å²) in [4.78, 5) is 29.5. The van der Waals surface area contributed by atoms with Gasteiger partial charge in [0.25, 0.3) is 0 Å². The Morgan fingerprint density at radius 3 is 2.48 bits per heavy atom.